The van der Waals surface area contributed by atoms with Gasteiger partial charge in [0.1, 0.15) is 12.4 Å². The smallest absolute Gasteiger partial charge is 0.187 e. The molecule has 142 valence electrons. The molecular weight excluding hydrogens is 378 g/mol. The Morgan fingerprint density at radius 2 is 1.78 bits per heavy atom. The summed E-state index contributed by atoms with van der Waals surface area (Å²) in [5, 5.41) is 8.85. The molecule has 3 rings (SSSR count). The van der Waals surface area contributed by atoms with E-state index < -0.39 is 0 Å². The van der Waals surface area contributed by atoms with Crippen LogP contribution >= 0.6 is 23.8 Å². The van der Waals surface area contributed by atoms with Gasteiger partial charge in [-0.1, -0.05) is 43.0 Å². The van der Waals surface area contributed by atoms with Gasteiger partial charge in [-0.3, -0.25) is 5.43 Å². The van der Waals surface area contributed by atoms with Crippen LogP contribution in [0.25, 0.3) is 0 Å². The van der Waals surface area contributed by atoms with E-state index in [0.29, 0.717) is 17.8 Å². The van der Waals surface area contributed by atoms with Crippen LogP contribution in [0.5, 0.6) is 5.75 Å². The van der Waals surface area contributed by atoms with Crippen molar-refractivity contribution in [3.05, 3.63) is 64.7 Å². The van der Waals surface area contributed by atoms with Crippen LogP contribution in [-0.4, -0.2) is 17.4 Å². The van der Waals surface area contributed by atoms with Crippen molar-refractivity contribution in [1.29, 1.82) is 0 Å². The topological polar surface area (TPSA) is 45.7 Å². The van der Waals surface area contributed by atoms with Gasteiger partial charge in [0.05, 0.1) is 6.21 Å². The predicted octanol–water partition coefficient (Wildman–Crippen LogP) is 5.05. The lowest BCUT2D eigenvalue weighted by molar-refractivity contribution is 0.306. The van der Waals surface area contributed by atoms with Crippen molar-refractivity contribution in [2.24, 2.45) is 5.10 Å². The molecule has 6 heteroatoms. The van der Waals surface area contributed by atoms with Gasteiger partial charge in [-0.25, -0.2) is 0 Å². The molecule has 1 aliphatic carbocycles. The van der Waals surface area contributed by atoms with Gasteiger partial charge < -0.3 is 10.1 Å². The van der Waals surface area contributed by atoms with E-state index in [1.165, 1.54) is 32.1 Å². The Hall–Kier alpha value is -2.11. The summed E-state index contributed by atoms with van der Waals surface area (Å²) in [4.78, 5) is 0. The van der Waals surface area contributed by atoms with Crippen LogP contribution in [0, 0.1) is 0 Å². The lowest BCUT2D eigenvalue weighted by atomic mass is 9.96. The third-order valence-corrected chi connectivity index (χ3v) is 4.98. The van der Waals surface area contributed by atoms with Crippen molar-refractivity contribution in [1.82, 2.24) is 10.7 Å². The molecule has 0 amide bonds. The highest BCUT2D eigenvalue weighted by molar-refractivity contribution is 7.80. The van der Waals surface area contributed by atoms with E-state index in [1.54, 1.807) is 6.21 Å². The Kier molecular flexibility index (Phi) is 7.48. The Morgan fingerprint density at radius 1 is 1.07 bits per heavy atom. The van der Waals surface area contributed by atoms with Crippen LogP contribution in [0.15, 0.2) is 53.6 Å². The van der Waals surface area contributed by atoms with Crippen LogP contribution in [0.4, 0.5) is 0 Å². The number of halogens is 1. The van der Waals surface area contributed by atoms with Crippen molar-refractivity contribution in [3.63, 3.8) is 0 Å². The summed E-state index contributed by atoms with van der Waals surface area (Å²) in [5.74, 6) is 0.810. The highest BCUT2D eigenvalue weighted by atomic mass is 35.5. The third kappa shape index (κ3) is 6.85. The van der Waals surface area contributed by atoms with Gasteiger partial charge in [0.2, 0.25) is 0 Å². The number of hydrogen-bond donors (Lipinski definition) is 2. The zero-order valence-electron chi connectivity index (χ0n) is 15.2. The first-order valence-corrected chi connectivity index (χ1v) is 10.0. The lowest BCUT2D eigenvalue weighted by Crippen LogP contribution is -2.40. The second kappa shape index (κ2) is 10.3. The average Bonchev–Trinajstić information content (AvgIpc) is 2.69. The fraction of sp³-hybridized carbons (Fsp3) is 0.333. The molecule has 1 fully saturated rings. The fourth-order valence-electron chi connectivity index (χ4n) is 3.03. The van der Waals surface area contributed by atoms with E-state index in [9.17, 15) is 0 Å². The molecule has 1 aliphatic rings. The Balaban J connectivity index is 1.42. The monoisotopic (exact) mass is 401 g/mol. The molecular formula is C21H24ClN3OS. The van der Waals surface area contributed by atoms with Crippen molar-refractivity contribution >= 4 is 35.1 Å². The molecule has 0 unspecified atom stereocenters. The average molecular weight is 402 g/mol. The van der Waals surface area contributed by atoms with E-state index in [-0.39, 0.29) is 0 Å². The fourth-order valence-corrected chi connectivity index (χ4v) is 3.37. The van der Waals surface area contributed by atoms with Gasteiger partial charge >= 0.3 is 0 Å². The number of hydrazone groups is 1. The van der Waals surface area contributed by atoms with Crippen LogP contribution < -0.4 is 15.5 Å². The normalized spacial score (nSPS) is 14.9. The molecule has 1 saturated carbocycles. The second-order valence-corrected chi connectivity index (χ2v) is 7.51. The van der Waals surface area contributed by atoms with Crippen LogP contribution in [-0.2, 0) is 6.61 Å². The lowest BCUT2D eigenvalue weighted by Gasteiger charge is -2.23. The van der Waals surface area contributed by atoms with Crippen LogP contribution in [0.2, 0.25) is 5.02 Å². The Morgan fingerprint density at radius 3 is 2.48 bits per heavy atom. The number of hydrogen-bond acceptors (Lipinski definition) is 3. The first-order valence-electron chi connectivity index (χ1n) is 9.26. The number of nitrogens with zero attached hydrogens (tertiary/aromatic N) is 1. The molecule has 0 aromatic heterocycles. The summed E-state index contributed by atoms with van der Waals surface area (Å²) in [5.41, 5.74) is 4.94. The maximum absolute atomic E-state index is 5.89. The van der Waals surface area contributed by atoms with Crippen molar-refractivity contribution in [3.8, 4) is 5.75 Å². The van der Waals surface area contributed by atoms with Crippen LogP contribution in [0.1, 0.15) is 43.2 Å². The van der Waals surface area contributed by atoms with Crippen molar-refractivity contribution in [2.45, 2.75) is 44.8 Å². The van der Waals surface area contributed by atoms with E-state index in [0.717, 1.165) is 21.9 Å². The molecule has 0 saturated heterocycles. The van der Waals surface area contributed by atoms with E-state index in [1.807, 2.05) is 48.5 Å². The van der Waals surface area contributed by atoms with Crippen molar-refractivity contribution in [2.75, 3.05) is 0 Å². The largest absolute Gasteiger partial charge is 0.489 e. The number of thiocarbonyl (C=S) groups is 1. The summed E-state index contributed by atoms with van der Waals surface area (Å²) >= 11 is 11.2. The highest BCUT2D eigenvalue weighted by Crippen LogP contribution is 2.17. The van der Waals surface area contributed by atoms with Crippen LogP contribution in [0.3, 0.4) is 0 Å². The van der Waals surface area contributed by atoms with E-state index in [2.05, 4.69) is 15.8 Å². The first kappa shape index (κ1) is 19.6. The Labute approximate surface area is 171 Å². The highest BCUT2D eigenvalue weighted by Gasteiger charge is 2.13. The molecule has 2 N–H and O–H groups in total. The summed E-state index contributed by atoms with van der Waals surface area (Å²) in [6.07, 6.45) is 7.99. The van der Waals surface area contributed by atoms with Gasteiger partial charge in [-0.2, -0.15) is 5.10 Å². The quantitative estimate of drug-likeness (QED) is 0.404. The molecule has 2 aromatic rings. The number of rotatable bonds is 6. The minimum Gasteiger partial charge on any atom is -0.489 e. The summed E-state index contributed by atoms with van der Waals surface area (Å²) in [6, 6.07) is 15.9. The number of nitrogens with one attached hydrogen (secondary N) is 2. The zero-order valence-corrected chi connectivity index (χ0v) is 16.7. The molecule has 2 aromatic carbocycles. The van der Waals surface area contributed by atoms with Gasteiger partial charge in [0.25, 0.3) is 0 Å². The van der Waals surface area contributed by atoms with E-state index >= 15 is 0 Å². The van der Waals surface area contributed by atoms with Gasteiger partial charge in [0, 0.05) is 11.1 Å². The minimum absolute atomic E-state index is 0.478. The SMILES string of the molecule is S=C(N/N=C/c1ccc(OCc2ccc(Cl)cc2)cc1)NC1CCCCC1. The standard InChI is InChI=1S/C21H24ClN3OS/c22-18-10-6-17(7-11-18)15-26-20-12-8-16(9-13-20)14-23-25-21(27)24-19-4-2-1-3-5-19/h6-14,19H,1-5,15H2,(H2,24,25,27)/b23-14+. The summed E-state index contributed by atoms with van der Waals surface area (Å²) in [6.45, 7) is 0.507. The Bertz CT molecular complexity index is 756. The van der Waals surface area contributed by atoms with Crippen molar-refractivity contribution < 1.29 is 4.74 Å². The molecule has 0 atom stereocenters. The maximum atomic E-state index is 5.89. The molecule has 0 heterocycles. The van der Waals surface area contributed by atoms with Gasteiger partial charge in [-0.05, 0) is 72.6 Å². The maximum Gasteiger partial charge on any atom is 0.187 e. The molecule has 0 aliphatic heterocycles. The summed E-state index contributed by atoms with van der Waals surface area (Å²) in [7, 11) is 0. The van der Waals surface area contributed by atoms with Gasteiger partial charge in [-0.15, -0.1) is 0 Å². The predicted molar refractivity (Wildman–Crippen MR) is 116 cm³/mol. The number of ether oxygens (including phenoxy) is 1. The minimum atomic E-state index is 0.478. The molecule has 0 bridgehead atoms. The molecule has 0 spiro atoms. The van der Waals surface area contributed by atoms with E-state index in [4.69, 9.17) is 28.6 Å². The first-order chi connectivity index (χ1) is 13.2. The van der Waals surface area contributed by atoms with Gasteiger partial charge in [0.15, 0.2) is 5.11 Å². The summed E-state index contributed by atoms with van der Waals surface area (Å²) < 4.78 is 5.78. The third-order valence-electron chi connectivity index (χ3n) is 4.52. The number of benzene rings is 2. The zero-order chi connectivity index (χ0) is 18.9. The second-order valence-electron chi connectivity index (χ2n) is 6.66. The molecule has 27 heavy (non-hydrogen) atoms. The molecule has 4 nitrogen and oxygen atoms in total. The molecule has 0 radical (unpaired) electrons.